The Kier molecular flexibility index (Phi) is 5.34. The zero-order chi connectivity index (χ0) is 18.4. The number of pyridine rings is 1. The minimum atomic E-state index is 0. The fourth-order valence-electron chi connectivity index (χ4n) is 4.02. The molecule has 4 heteroatoms. The van der Waals surface area contributed by atoms with E-state index in [9.17, 15) is 0 Å². The fraction of sp³-hybridized carbons (Fsp3) is 0.348. The maximum atomic E-state index is 4.72. The molecule has 0 saturated carbocycles. The van der Waals surface area contributed by atoms with Gasteiger partial charge in [-0.2, -0.15) is 0 Å². The monoisotopic (exact) mass is 381 g/mol. The maximum Gasteiger partial charge on any atom is 0.0954 e. The predicted octanol–water partition coefficient (Wildman–Crippen LogP) is 5.76. The second-order valence-corrected chi connectivity index (χ2v) is 7.66. The number of rotatable bonds is 3. The lowest BCUT2D eigenvalue weighted by Crippen LogP contribution is -2.30. The molecule has 0 unspecified atom stereocenters. The minimum absolute atomic E-state index is 0. The number of allylic oxidation sites excluding steroid dienone is 1. The first kappa shape index (κ1) is 19.5. The van der Waals surface area contributed by atoms with Crippen LogP contribution in [-0.2, 0) is 13.0 Å². The highest BCUT2D eigenvalue weighted by Gasteiger charge is 2.23. The first-order valence-electron chi connectivity index (χ1n) is 9.46. The topological polar surface area (TPSA) is 21.1 Å². The second kappa shape index (κ2) is 7.40. The van der Waals surface area contributed by atoms with Crippen molar-refractivity contribution in [3.63, 3.8) is 0 Å². The minimum Gasteiger partial charge on any atom is -0.365 e. The lowest BCUT2D eigenvalue weighted by Gasteiger charge is -2.31. The van der Waals surface area contributed by atoms with E-state index in [4.69, 9.17) is 4.98 Å². The first-order chi connectivity index (χ1) is 12.5. The normalized spacial score (nSPS) is 13.6. The summed E-state index contributed by atoms with van der Waals surface area (Å²) in [6.45, 7) is 15.1. The highest BCUT2D eigenvalue weighted by Crippen LogP contribution is 2.36. The van der Waals surface area contributed by atoms with Gasteiger partial charge in [0.1, 0.15) is 0 Å². The van der Waals surface area contributed by atoms with Gasteiger partial charge in [0, 0.05) is 30.7 Å². The fourth-order valence-corrected chi connectivity index (χ4v) is 4.02. The Hall–Kier alpha value is -2.26. The summed E-state index contributed by atoms with van der Waals surface area (Å²) < 4.78 is 2.33. The van der Waals surface area contributed by atoms with Gasteiger partial charge < -0.3 is 9.47 Å². The van der Waals surface area contributed by atoms with E-state index in [1.165, 1.54) is 33.6 Å². The van der Waals surface area contributed by atoms with Crippen LogP contribution in [0.4, 0.5) is 5.69 Å². The zero-order valence-electron chi connectivity index (χ0n) is 16.6. The summed E-state index contributed by atoms with van der Waals surface area (Å²) in [7, 11) is 0. The van der Waals surface area contributed by atoms with Crippen molar-refractivity contribution in [2.45, 2.75) is 40.7 Å². The van der Waals surface area contributed by atoms with Crippen LogP contribution in [0.3, 0.4) is 0 Å². The van der Waals surface area contributed by atoms with Crippen molar-refractivity contribution in [3.8, 4) is 0 Å². The molecular formula is C23H28ClN3. The van der Waals surface area contributed by atoms with Crippen LogP contribution in [0.5, 0.6) is 0 Å². The summed E-state index contributed by atoms with van der Waals surface area (Å²) in [5.74, 6) is 0.388. The van der Waals surface area contributed by atoms with Gasteiger partial charge in [-0.1, -0.05) is 44.7 Å². The third kappa shape index (κ3) is 3.14. The summed E-state index contributed by atoms with van der Waals surface area (Å²) in [5.41, 5.74) is 10.1. The molecule has 3 aromatic rings. The molecule has 3 nitrogen and oxygen atoms in total. The van der Waals surface area contributed by atoms with Crippen LogP contribution in [0.1, 0.15) is 36.2 Å². The second-order valence-electron chi connectivity index (χ2n) is 7.66. The Morgan fingerprint density at radius 1 is 1.11 bits per heavy atom. The van der Waals surface area contributed by atoms with Crippen LogP contribution in [-0.4, -0.2) is 16.1 Å². The Labute approximate surface area is 168 Å². The van der Waals surface area contributed by atoms with E-state index >= 15 is 0 Å². The average Bonchev–Trinajstić information content (AvgIpc) is 2.91. The summed E-state index contributed by atoms with van der Waals surface area (Å²) in [4.78, 5) is 7.21. The lowest BCUT2D eigenvalue weighted by atomic mass is 9.99. The molecule has 0 atom stereocenters. The molecule has 0 aliphatic carbocycles. The van der Waals surface area contributed by atoms with Crippen molar-refractivity contribution in [1.29, 1.82) is 0 Å². The number of aryl methyl sites for hydroxylation is 1. The van der Waals surface area contributed by atoms with Gasteiger partial charge in [-0.05, 0) is 48.9 Å². The van der Waals surface area contributed by atoms with E-state index in [0.29, 0.717) is 5.92 Å². The molecule has 0 radical (unpaired) electrons. The molecule has 0 N–H and O–H groups in total. The van der Waals surface area contributed by atoms with Crippen molar-refractivity contribution in [1.82, 2.24) is 9.55 Å². The van der Waals surface area contributed by atoms with Gasteiger partial charge in [0.05, 0.1) is 16.7 Å². The standard InChI is InChI=1S/C23H27N3.ClH/c1-15(2)17(4)26-18(5)16(3)22-23(26)21(10-12-24-22)25-13-11-19-8-6-7-9-20(19)14-25;/h6-10,12,15H,4,11,13-14H2,1-3,5H3;1H. The van der Waals surface area contributed by atoms with Gasteiger partial charge in [-0.15, -0.1) is 12.4 Å². The Morgan fingerprint density at radius 3 is 2.52 bits per heavy atom. The Balaban J connectivity index is 0.00000210. The summed E-state index contributed by atoms with van der Waals surface area (Å²) in [5, 5.41) is 0. The van der Waals surface area contributed by atoms with Gasteiger partial charge in [0.2, 0.25) is 0 Å². The lowest BCUT2D eigenvalue weighted by molar-refractivity contribution is 0.731. The number of hydrogen-bond acceptors (Lipinski definition) is 2. The molecular weight excluding hydrogens is 354 g/mol. The van der Waals surface area contributed by atoms with Crippen LogP contribution in [0.25, 0.3) is 16.7 Å². The zero-order valence-corrected chi connectivity index (χ0v) is 17.4. The van der Waals surface area contributed by atoms with E-state index in [1.54, 1.807) is 0 Å². The van der Waals surface area contributed by atoms with Gasteiger partial charge >= 0.3 is 0 Å². The summed E-state index contributed by atoms with van der Waals surface area (Å²) >= 11 is 0. The first-order valence-corrected chi connectivity index (χ1v) is 9.46. The van der Waals surface area contributed by atoms with Crippen LogP contribution in [0, 0.1) is 19.8 Å². The van der Waals surface area contributed by atoms with E-state index in [0.717, 1.165) is 30.7 Å². The Morgan fingerprint density at radius 2 is 1.81 bits per heavy atom. The molecule has 0 bridgehead atoms. The van der Waals surface area contributed by atoms with Crippen LogP contribution in [0.2, 0.25) is 0 Å². The number of benzene rings is 1. The number of fused-ring (bicyclic) bond motifs is 2. The molecule has 0 saturated heterocycles. The van der Waals surface area contributed by atoms with Gasteiger partial charge in [0.25, 0.3) is 0 Å². The molecule has 0 spiro atoms. The smallest absolute Gasteiger partial charge is 0.0954 e. The van der Waals surface area contributed by atoms with Crippen LogP contribution >= 0.6 is 12.4 Å². The van der Waals surface area contributed by atoms with Crippen LogP contribution < -0.4 is 4.90 Å². The molecule has 1 aliphatic heterocycles. The van der Waals surface area contributed by atoms with E-state index in [2.05, 4.69) is 74.1 Å². The molecule has 142 valence electrons. The molecule has 4 rings (SSSR count). The number of anilines is 1. The highest BCUT2D eigenvalue weighted by molar-refractivity contribution is 5.95. The van der Waals surface area contributed by atoms with Crippen molar-refractivity contribution in [3.05, 3.63) is 65.5 Å². The summed E-state index contributed by atoms with van der Waals surface area (Å²) in [6, 6.07) is 11.0. The van der Waals surface area contributed by atoms with Gasteiger partial charge in [-0.3, -0.25) is 4.98 Å². The molecule has 3 heterocycles. The molecule has 0 fully saturated rings. The number of hydrogen-bond donors (Lipinski definition) is 0. The van der Waals surface area contributed by atoms with Crippen LogP contribution in [0.15, 0.2) is 43.1 Å². The largest absolute Gasteiger partial charge is 0.365 e. The quantitative estimate of drug-likeness (QED) is 0.574. The molecule has 0 amide bonds. The maximum absolute atomic E-state index is 4.72. The van der Waals surface area contributed by atoms with E-state index in [-0.39, 0.29) is 12.4 Å². The van der Waals surface area contributed by atoms with Crippen molar-refractivity contribution in [2.24, 2.45) is 5.92 Å². The highest BCUT2D eigenvalue weighted by atomic mass is 35.5. The Bertz CT molecular complexity index is 1000. The predicted molar refractivity (Wildman–Crippen MR) is 118 cm³/mol. The molecule has 2 aromatic heterocycles. The van der Waals surface area contributed by atoms with Crippen molar-refractivity contribution < 1.29 is 0 Å². The molecule has 1 aliphatic rings. The SMILES string of the molecule is C=C(C(C)C)n1c(C)c(C)c2nccc(N3CCc4ccccc4C3)c21.Cl. The number of halogens is 1. The third-order valence-corrected chi connectivity index (χ3v) is 5.78. The van der Waals surface area contributed by atoms with E-state index < -0.39 is 0 Å². The van der Waals surface area contributed by atoms with Crippen molar-refractivity contribution in [2.75, 3.05) is 11.4 Å². The molecule has 1 aromatic carbocycles. The third-order valence-electron chi connectivity index (χ3n) is 5.78. The van der Waals surface area contributed by atoms with Gasteiger partial charge in [-0.25, -0.2) is 0 Å². The van der Waals surface area contributed by atoms with Crippen molar-refractivity contribution >= 4 is 34.8 Å². The van der Waals surface area contributed by atoms with Gasteiger partial charge in [0.15, 0.2) is 0 Å². The molecule has 27 heavy (non-hydrogen) atoms. The summed E-state index contributed by atoms with van der Waals surface area (Å²) in [6.07, 6.45) is 3.04. The number of aromatic nitrogens is 2. The average molecular weight is 382 g/mol. The van der Waals surface area contributed by atoms with E-state index in [1.807, 2.05) is 6.20 Å². The number of nitrogens with zero attached hydrogens (tertiary/aromatic N) is 3.